The normalized spacial score (nSPS) is 20.2. The Morgan fingerprint density at radius 2 is 1.85 bits per heavy atom. The molecule has 0 radical (unpaired) electrons. The number of carbonyl (C=O) groups is 1. The smallest absolute Gasteiger partial charge is 0.220 e. The first-order valence-corrected chi connectivity index (χ1v) is 12.3. The highest BCUT2D eigenvalue weighted by Gasteiger charge is 2.37. The van der Waals surface area contributed by atoms with Crippen molar-refractivity contribution in [1.29, 1.82) is 0 Å². The Bertz CT molecular complexity index is 818. The van der Waals surface area contributed by atoms with Crippen LogP contribution in [-0.2, 0) is 10.2 Å². The third-order valence-corrected chi connectivity index (χ3v) is 7.25. The molecule has 0 aromatic heterocycles. The number of guanidine groups is 1. The Kier molecular flexibility index (Phi) is 9.52. The number of halogens is 1. The minimum Gasteiger partial charge on any atom is -0.486 e. The van der Waals surface area contributed by atoms with E-state index in [1.807, 2.05) is 0 Å². The molecule has 2 heterocycles. The number of benzene rings is 1. The number of carbonyl (C=O) groups excluding carboxylic acids is 1. The van der Waals surface area contributed by atoms with E-state index in [1.165, 1.54) is 18.4 Å². The topological polar surface area (TPSA) is 75.2 Å². The fourth-order valence-electron chi connectivity index (χ4n) is 5.33. The number of piperidine rings is 1. The number of nitrogens with one attached hydrogen (secondary N) is 2. The fourth-order valence-corrected chi connectivity index (χ4v) is 5.33. The second-order valence-electron chi connectivity index (χ2n) is 9.32. The molecule has 1 aliphatic carbocycles. The standard InChI is InChI=1S/C25H38N4O3.HI/c1-3-27-24(29-12-8-19(9-13-29)16-23(30)26-2)28-18-25(10-4-5-11-25)20-6-7-21-22(17-20)32-15-14-31-21;/h6-7,17,19H,3-5,8-16,18H2,1-2H3,(H,26,30)(H,27,28);1H. The number of fused-ring (bicyclic) bond motifs is 1. The van der Waals surface area contributed by atoms with Crippen LogP contribution in [0.3, 0.4) is 0 Å². The van der Waals surface area contributed by atoms with Crippen LogP contribution < -0.4 is 20.1 Å². The lowest BCUT2D eigenvalue weighted by Gasteiger charge is -2.35. The van der Waals surface area contributed by atoms with Gasteiger partial charge in [0.1, 0.15) is 13.2 Å². The van der Waals surface area contributed by atoms with Crippen molar-refractivity contribution in [2.45, 2.75) is 57.3 Å². The quantitative estimate of drug-likeness (QED) is 0.310. The number of likely N-dealkylation sites (tertiary alicyclic amines) is 1. The van der Waals surface area contributed by atoms with Crippen LogP contribution in [0.5, 0.6) is 11.5 Å². The molecule has 0 bridgehead atoms. The van der Waals surface area contributed by atoms with Gasteiger partial charge in [0, 0.05) is 38.5 Å². The molecule has 1 aromatic carbocycles. The van der Waals surface area contributed by atoms with Crippen LogP contribution in [0.4, 0.5) is 0 Å². The van der Waals surface area contributed by atoms with E-state index in [0.717, 1.165) is 69.3 Å². The van der Waals surface area contributed by atoms with Crippen LogP contribution >= 0.6 is 24.0 Å². The molecule has 2 fully saturated rings. The highest BCUT2D eigenvalue weighted by atomic mass is 127. The zero-order chi connectivity index (χ0) is 22.4. The Morgan fingerprint density at radius 1 is 1.15 bits per heavy atom. The Balaban J connectivity index is 0.00000306. The van der Waals surface area contributed by atoms with Crippen molar-refractivity contribution in [3.05, 3.63) is 23.8 Å². The van der Waals surface area contributed by atoms with Gasteiger partial charge in [0.05, 0.1) is 6.54 Å². The van der Waals surface area contributed by atoms with Gasteiger partial charge in [0.25, 0.3) is 0 Å². The second-order valence-corrected chi connectivity index (χ2v) is 9.32. The SMILES string of the molecule is CCNC(=NCC1(c2ccc3c(c2)OCCO3)CCCC1)N1CCC(CC(=O)NC)CC1.I. The van der Waals surface area contributed by atoms with E-state index in [2.05, 4.69) is 40.7 Å². The van der Waals surface area contributed by atoms with Gasteiger partial charge in [-0.1, -0.05) is 18.9 Å². The molecule has 1 saturated carbocycles. The molecule has 1 saturated heterocycles. The molecule has 7 nitrogen and oxygen atoms in total. The van der Waals surface area contributed by atoms with Crippen LogP contribution in [0.25, 0.3) is 0 Å². The number of nitrogens with zero attached hydrogens (tertiary/aromatic N) is 2. The Labute approximate surface area is 215 Å². The van der Waals surface area contributed by atoms with E-state index in [9.17, 15) is 4.79 Å². The number of ether oxygens (including phenoxy) is 2. The monoisotopic (exact) mass is 570 g/mol. The molecule has 0 atom stereocenters. The maximum Gasteiger partial charge on any atom is 0.220 e. The van der Waals surface area contributed by atoms with E-state index in [1.54, 1.807) is 7.05 Å². The molecular formula is C25H39IN4O3. The van der Waals surface area contributed by atoms with E-state index in [4.69, 9.17) is 14.5 Å². The van der Waals surface area contributed by atoms with Gasteiger partial charge in [0.15, 0.2) is 17.5 Å². The summed E-state index contributed by atoms with van der Waals surface area (Å²) < 4.78 is 11.6. The molecule has 1 amide bonds. The Hall–Kier alpha value is -1.71. The molecule has 3 aliphatic rings. The summed E-state index contributed by atoms with van der Waals surface area (Å²) in [6.07, 6.45) is 7.49. The third kappa shape index (κ3) is 6.25. The summed E-state index contributed by atoms with van der Waals surface area (Å²) in [6, 6.07) is 6.47. The van der Waals surface area contributed by atoms with Gasteiger partial charge < -0.3 is 25.0 Å². The number of aliphatic imine (C=N–C) groups is 1. The lowest BCUT2D eigenvalue weighted by molar-refractivity contribution is -0.121. The van der Waals surface area contributed by atoms with Crippen molar-refractivity contribution < 1.29 is 14.3 Å². The minimum atomic E-state index is 0. The predicted octanol–water partition coefficient (Wildman–Crippen LogP) is 3.70. The third-order valence-electron chi connectivity index (χ3n) is 7.25. The first kappa shape index (κ1) is 25.9. The van der Waals surface area contributed by atoms with Gasteiger partial charge in [-0.3, -0.25) is 9.79 Å². The molecule has 0 unspecified atom stereocenters. The molecular weight excluding hydrogens is 531 g/mol. The summed E-state index contributed by atoms with van der Waals surface area (Å²) in [5.41, 5.74) is 1.39. The highest BCUT2D eigenvalue weighted by Crippen LogP contribution is 2.44. The average Bonchev–Trinajstić information content (AvgIpc) is 3.32. The van der Waals surface area contributed by atoms with Gasteiger partial charge in [-0.25, -0.2) is 0 Å². The van der Waals surface area contributed by atoms with E-state index in [-0.39, 0.29) is 35.3 Å². The van der Waals surface area contributed by atoms with E-state index in [0.29, 0.717) is 25.6 Å². The van der Waals surface area contributed by atoms with Gasteiger partial charge >= 0.3 is 0 Å². The maximum absolute atomic E-state index is 11.7. The van der Waals surface area contributed by atoms with Crippen LogP contribution in [0.2, 0.25) is 0 Å². The van der Waals surface area contributed by atoms with Gasteiger partial charge in [-0.15, -0.1) is 24.0 Å². The lowest BCUT2D eigenvalue weighted by Crippen LogP contribution is -2.46. The largest absolute Gasteiger partial charge is 0.486 e. The van der Waals surface area contributed by atoms with Crippen LogP contribution in [-0.4, -0.2) is 63.2 Å². The van der Waals surface area contributed by atoms with E-state index >= 15 is 0 Å². The van der Waals surface area contributed by atoms with E-state index < -0.39 is 0 Å². The van der Waals surface area contributed by atoms with Crippen molar-refractivity contribution in [2.75, 3.05) is 46.4 Å². The van der Waals surface area contributed by atoms with Crippen molar-refractivity contribution in [1.82, 2.24) is 15.5 Å². The summed E-state index contributed by atoms with van der Waals surface area (Å²) in [5.74, 6) is 3.34. The van der Waals surface area contributed by atoms with Crippen molar-refractivity contribution in [3.8, 4) is 11.5 Å². The predicted molar refractivity (Wildman–Crippen MR) is 142 cm³/mol. The molecule has 184 valence electrons. The molecule has 4 rings (SSSR count). The second kappa shape index (κ2) is 12.1. The summed E-state index contributed by atoms with van der Waals surface area (Å²) in [7, 11) is 1.72. The molecule has 8 heteroatoms. The molecule has 1 aromatic rings. The number of rotatable bonds is 6. The van der Waals surface area contributed by atoms with Gasteiger partial charge in [-0.2, -0.15) is 0 Å². The molecule has 0 spiro atoms. The van der Waals surface area contributed by atoms with Crippen LogP contribution in [0, 0.1) is 5.92 Å². The number of hydrogen-bond acceptors (Lipinski definition) is 4. The zero-order valence-electron chi connectivity index (χ0n) is 20.0. The first-order valence-electron chi connectivity index (χ1n) is 12.3. The van der Waals surface area contributed by atoms with Gasteiger partial charge in [0.2, 0.25) is 5.91 Å². The number of amides is 1. The summed E-state index contributed by atoms with van der Waals surface area (Å²) >= 11 is 0. The first-order chi connectivity index (χ1) is 15.6. The maximum atomic E-state index is 11.7. The molecule has 2 aliphatic heterocycles. The summed E-state index contributed by atoms with van der Waals surface area (Å²) in [4.78, 5) is 19.3. The van der Waals surface area contributed by atoms with Crippen molar-refractivity contribution >= 4 is 35.8 Å². The number of hydrogen-bond donors (Lipinski definition) is 2. The molecule has 33 heavy (non-hydrogen) atoms. The Morgan fingerprint density at radius 3 is 2.52 bits per heavy atom. The van der Waals surface area contributed by atoms with Crippen LogP contribution in [0.1, 0.15) is 57.4 Å². The van der Waals surface area contributed by atoms with Crippen molar-refractivity contribution in [2.24, 2.45) is 10.9 Å². The summed E-state index contributed by atoms with van der Waals surface area (Å²) in [5, 5.41) is 6.27. The van der Waals surface area contributed by atoms with Crippen molar-refractivity contribution in [3.63, 3.8) is 0 Å². The fraction of sp³-hybridized carbons (Fsp3) is 0.680. The lowest BCUT2D eigenvalue weighted by atomic mass is 9.78. The zero-order valence-corrected chi connectivity index (χ0v) is 22.4. The minimum absolute atomic E-state index is 0. The van der Waals surface area contributed by atoms with Crippen LogP contribution in [0.15, 0.2) is 23.2 Å². The average molecular weight is 571 g/mol. The van der Waals surface area contributed by atoms with Gasteiger partial charge in [-0.05, 0) is 56.2 Å². The highest BCUT2D eigenvalue weighted by molar-refractivity contribution is 14.0. The molecule has 2 N–H and O–H groups in total. The summed E-state index contributed by atoms with van der Waals surface area (Å²) in [6.45, 7) is 6.89.